The van der Waals surface area contributed by atoms with Crippen LogP contribution < -0.4 is 19.7 Å². The molecule has 1 aliphatic heterocycles. The number of anilines is 2. The summed E-state index contributed by atoms with van der Waals surface area (Å²) in [4.78, 5) is 30.6. The molecule has 0 saturated carbocycles. The zero-order chi connectivity index (χ0) is 23.4. The Morgan fingerprint density at radius 1 is 1.15 bits per heavy atom. The second-order valence-electron chi connectivity index (χ2n) is 8.84. The first kappa shape index (κ1) is 22.3. The Bertz CT molecular complexity index is 1140. The predicted molar refractivity (Wildman–Crippen MR) is 127 cm³/mol. The van der Waals surface area contributed by atoms with Gasteiger partial charge in [-0.2, -0.15) is 0 Å². The lowest BCUT2D eigenvalue weighted by Crippen LogP contribution is -2.41. The molecule has 0 aliphatic carbocycles. The number of fused-ring (bicyclic) bond motifs is 1. The fourth-order valence-corrected chi connectivity index (χ4v) is 3.53. The molecule has 1 aliphatic rings. The maximum absolute atomic E-state index is 12.6. The third-order valence-electron chi connectivity index (χ3n) is 5.39. The molecule has 3 aromatic rings. The summed E-state index contributed by atoms with van der Waals surface area (Å²) < 4.78 is 11.4. The molecule has 1 aromatic heterocycles. The second kappa shape index (κ2) is 9.32. The van der Waals surface area contributed by atoms with Gasteiger partial charge in [0.2, 0.25) is 0 Å². The summed E-state index contributed by atoms with van der Waals surface area (Å²) in [5.74, 6) is 0.898. The topological polar surface area (TPSA) is 80.8 Å². The number of hydrogen-bond acceptors (Lipinski definition) is 5. The molecule has 0 unspecified atom stereocenters. The van der Waals surface area contributed by atoms with E-state index in [9.17, 15) is 9.59 Å². The van der Waals surface area contributed by atoms with Gasteiger partial charge in [-0.15, -0.1) is 0 Å². The Kier molecular flexibility index (Phi) is 6.31. The van der Waals surface area contributed by atoms with E-state index in [0.717, 1.165) is 5.75 Å². The van der Waals surface area contributed by atoms with Crippen LogP contribution in [-0.2, 0) is 10.2 Å². The molecule has 0 spiro atoms. The molecule has 2 amide bonds. The summed E-state index contributed by atoms with van der Waals surface area (Å²) in [6.07, 6.45) is 3.11. The average Bonchev–Trinajstić information content (AvgIpc) is 2.81. The molecule has 0 radical (unpaired) electrons. The van der Waals surface area contributed by atoms with Crippen LogP contribution in [0.15, 0.2) is 67.0 Å². The number of benzene rings is 2. The van der Waals surface area contributed by atoms with E-state index in [1.54, 1.807) is 41.4 Å². The molecule has 7 nitrogen and oxygen atoms in total. The quantitative estimate of drug-likeness (QED) is 0.607. The van der Waals surface area contributed by atoms with Gasteiger partial charge in [-0.3, -0.25) is 14.6 Å². The van der Waals surface area contributed by atoms with E-state index in [2.05, 4.69) is 43.2 Å². The van der Waals surface area contributed by atoms with Crippen LogP contribution in [0.2, 0.25) is 0 Å². The molecule has 170 valence electrons. The van der Waals surface area contributed by atoms with Gasteiger partial charge in [-0.1, -0.05) is 32.9 Å². The third-order valence-corrected chi connectivity index (χ3v) is 5.39. The molecule has 4 rings (SSSR count). The molecule has 1 N–H and O–H groups in total. The Labute approximate surface area is 193 Å². The molecular weight excluding hydrogens is 418 g/mol. The highest BCUT2D eigenvalue weighted by atomic mass is 16.5. The van der Waals surface area contributed by atoms with Crippen molar-refractivity contribution >= 4 is 23.2 Å². The van der Waals surface area contributed by atoms with Gasteiger partial charge >= 0.3 is 0 Å². The predicted octanol–water partition coefficient (Wildman–Crippen LogP) is 4.44. The van der Waals surface area contributed by atoms with Gasteiger partial charge in [0.15, 0.2) is 6.61 Å². The molecular formula is C26H27N3O4. The largest absolute Gasteiger partial charge is 0.492 e. The SMILES string of the molecule is CC(C)(C)c1ccc(OCCN2C(=O)COc3ccc(NC(=O)c4cccnc4)cc32)cc1. The number of nitrogens with one attached hydrogen (secondary N) is 1. The number of carbonyl (C=O) groups is 2. The van der Waals surface area contributed by atoms with E-state index in [4.69, 9.17) is 9.47 Å². The smallest absolute Gasteiger partial charge is 0.265 e. The van der Waals surface area contributed by atoms with Crippen LogP contribution in [0.5, 0.6) is 11.5 Å². The maximum Gasteiger partial charge on any atom is 0.265 e. The number of pyridine rings is 1. The van der Waals surface area contributed by atoms with E-state index in [-0.39, 0.29) is 23.8 Å². The first-order valence-corrected chi connectivity index (χ1v) is 10.8. The molecule has 2 heterocycles. The lowest BCUT2D eigenvalue weighted by Gasteiger charge is -2.29. The molecule has 2 aromatic carbocycles. The van der Waals surface area contributed by atoms with Crippen molar-refractivity contribution in [3.8, 4) is 11.5 Å². The molecule has 7 heteroatoms. The zero-order valence-electron chi connectivity index (χ0n) is 19.0. The highest BCUT2D eigenvalue weighted by Crippen LogP contribution is 2.34. The van der Waals surface area contributed by atoms with Gasteiger partial charge in [0.1, 0.15) is 18.1 Å². The number of hydrogen-bond donors (Lipinski definition) is 1. The van der Waals surface area contributed by atoms with Crippen LogP contribution in [0.3, 0.4) is 0 Å². The van der Waals surface area contributed by atoms with Gasteiger partial charge < -0.3 is 19.7 Å². The van der Waals surface area contributed by atoms with Crippen molar-refractivity contribution in [3.05, 3.63) is 78.1 Å². The van der Waals surface area contributed by atoms with Gasteiger partial charge in [0.25, 0.3) is 11.8 Å². The molecule has 0 atom stereocenters. The van der Waals surface area contributed by atoms with E-state index >= 15 is 0 Å². The minimum Gasteiger partial charge on any atom is -0.492 e. The van der Waals surface area contributed by atoms with Crippen LogP contribution in [-0.4, -0.2) is 36.6 Å². The molecule has 0 bridgehead atoms. The lowest BCUT2D eigenvalue weighted by molar-refractivity contribution is -0.121. The summed E-state index contributed by atoms with van der Waals surface area (Å²) in [6.45, 7) is 7.14. The van der Waals surface area contributed by atoms with Crippen molar-refractivity contribution in [1.82, 2.24) is 4.98 Å². The minimum atomic E-state index is -0.278. The minimum absolute atomic E-state index is 0.0331. The number of amides is 2. The van der Waals surface area contributed by atoms with Crippen LogP contribution in [0, 0.1) is 0 Å². The van der Waals surface area contributed by atoms with Crippen molar-refractivity contribution in [2.45, 2.75) is 26.2 Å². The summed E-state index contributed by atoms with van der Waals surface area (Å²) in [6, 6.07) is 16.6. The van der Waals surface area contributed by atoms with Gasteiger partial charge in [-0.05, 0) is 53.4 Å². The van der Waals surface area contributed by atoms with E-state index in [1.165, 1.54) is 11.8 Å². The molecule has 0 saturated heterocycles. The second-order valence-corrected chi connectivity index (χ2v) is 8.84. The Morgan fingerprint density at radius 2 is 1.94 bits per heavy atom. The highest BCUT2D eigenvalue weighted by Gasteiger charge is 2.26. The number of ether oxygens (including phenoxy) is 2. The van der Waals surface area contributed by atoms with E-state index in [1.807, 2.05) is 12.1 Å². The Balaban J connectivity index is 1.43. The lowest BCUT2D eigenvalue weighted by atomic mass is 9.87. The van der Waals surface area contributed by atoms with Crippen LogP contribution in [0.25, 0.3) is 0 Å². The zero-order valence-corrected chi connectivity index (χ0v) is 19.0. The summed E-state index contributed by atoms with van der Waals surface area (Å²) in [5.41, 5.74) is 2.91. The molecule has 0 fully saturated rings. The first-order valence-electron chi connectivity index (χ1n) is 10.8. The van der Waals surface area contributed by atoms with Gasteiger partial charge in [0.05, 0.1) is 17.8 Å². The summed E-state index contributed by atoms with van der Waals surface area (Å²) >= 11 is 0. The number of rotatable bonds is 6. The number of aromatic nitrogens is 1. The standard InChI is InChI=1S/C26H27N3O4/c1-26(2,3)19-6-9-21(10-7-19)32-14-13-29-22-15-20(8-11-23(22)33-17-24(29)30)28-25(31)18-5-4-12-27-16-18/h4-12,15-16H,13-14,17H2,1-3H3,(H,28,31). The molecule has 33 heavy (non-hydrogen) atoms. The van der Waals surface area contributed by atoms with Gasteiger partial charge in [0, 0.05) is 18.1 Å². The van der Waals surface area contributed by atoms with Crippen LogP contribution in [0.1, 0.15) is 36.7 Å². The van der Waals surface area contributed by atoms with Crippen molar-refractivity contribution in [2.75, 3.05) is 30.0 Å². The Hall–Kier alpha value is -3.87. The van der Waals surface area contributed by atoms with Crippen molar-refractivity contribution in [3.63, 3.8) is 0 Å². The fraction of sp³-hybridized carbons (Fsp3) is 0.269. The normalized spacial score (nSPS) is 13.2. The van der Waals surface area contributed by atoms with E-state index < -0.39 is 0 Å². The monoisotopic (exact) mass is 445 g/mol. The number of carbonyl (C=O) groups excluding carboxylic acids is 2. The first-order chi connectivity index (χ1) is 15.8. The summed E-state index contributed by atoms with van der Waals surface area (Å²) in [7, 11) is 0. The summed E-state index contributed by atoms with van der Waals surface area (Å²) in [5, 5.41) is 2.84. The number of nitrogens with zero attached hydrogens (tertiary/aromatic N) is 2. The van der Waals surface area contributed by atoms with Crippen molar-refractivity contribution in [2.24, 2.45) is 0 Å². The average molecular weight is 446 g/mol. The van der Waals surface area contributed by atoms with E-state index in [0.29, 0.717) is 35.8 Å². The third kappa shape index (κ3) is 5.31. The maximum atomic E-state index is 12.6. The van der Waals surface area contributed by atoms with Crippen molar-refractivity contribution < 1.29 is 19.1 Å². The van der Waals surface area contributed by atoms with Crippen LogP contribution in [0.4, 0.5) is 11.4 Å². The highest BCUT2D eigenvalue weighted by molar-refractivity contribution is 6.05. The van der Waals surface area contributed by atoms with Crippen LogP contribution >= 0.6 is 0 Å². The van der Waals surface area contributed by atoms with Crippen molar-refractivity contribution in [1.29, 1.82) is 0 Å². The fourth-order valence-electron chi connectivity index (χ4n) is 3.53. The van der Waals surface area contributed by atoms with Gasteiger partial charge in [-0.25, -0.2) is 0 Å². The Morgan fingerprint density at radius 3 is 2.64 bits per heavy atom.